The van der Waals surface area contributed by atoms with E-state index in [0.717, 1.165) is 10.6 Å². The minimum atomic E-state index is -1.55. The van der Waals surface area contributed by atoms with Gasteiger partial charge in [0.1, 0.15) is 0 Å². The Morgan fingerprint density at radius 2 is 1.43 bits per heavy atom. The Bertz CT molecular complexity index is 389. The van der Waals surface area contributed by atoms with Crippen LogP contribution in [0.25, 0.3) is 0 Å². The van der Waals surface area contributed by atoms with Gasteiger partial charge in [0, 0.05) is 12.4 Å². The van der Waals surface area contributed by atoms with E-state index < -0.39 is 7.80 Å². The van der Waals surface area contributed by atoms with Gasteiger partial charge in [-0.05, 0) is 24.3 Å². The van der Waals surface area contributed by atoms with Gasteiger partial charge in [-0.1, -0.05) is 4.57 Å². The lowest BCUT2D eigenvalue weighted by Crippen LogP contribution is -2.06. The molecule has 2 rings (SSSR count). The third kappa shape index (κ3) is 1.83. The van der Waals surface area contributed by atoms with Crippen molar-refractivity contribution in [2.75, 3.05) is 0 Å². The van der Waals surface area contributed by atoms with Crippen LogP contribution >= 0.6 is 7.80 Å². The maximum atomic E-state index is 11.9. The van der Waals surface area contributed by atoms with Crippen LogP contribution in [0.1, 0.15) is 0 Å². The molecule has 0 radical (unpaired) electrons. The summed E-state index contributed by atoms with van der Waals surface area (Å²) in [5.41, 5.74) is 0. The molecule has 2 aromatic heterocycles. The third-order valence-corrected chi connectivity index (χ3v) is 3.23. The molecule has 3 nitrogen and oxygen atoms in total. The molecule has 0 saturated heterocycles. The fourth-order valence-electron chi connectivity index (χ4n) is 1.10. The summed E-state index contributed by atoms with van der Waals surface area (Å²) in [6.07, 6.45) is 6.56. The van der Waals surface area contributed by atoms with Crippen LogP contribution in [0.4, 0.5) is 0 Å². The standard InChI is InChI=1S/C10H8N2OP/c13-14(9-3-1-5-11-7-9)10-4-2-6-12-8-10/h1-8H/q+1. The molecule has 0 bridgehead atoms. The second-order valence-electron chi connectivity index (χ2n) is 2.72. The van der Waals surface area contributed by atoms with Gasteiger partial charge in [-0.2, -0.15) is 0 Å². The Kier molecular flexibility index (Phi) is 2.61. The molecular weight excluding hydrogens is 195 g/mol. The molecule has 0 saturated carbocycles. The molecule has 0 aliphatic rings. The van der Waals surface area contributed by atoms with Gasteiger partial charge in [0.05, 0.1) is 12.4 Å². The summed E-state index contributed by atoms with van der Waals surface area (Å²) in [6, 6.07) is 7.16. The normalized spacial score (nSPS) is 9.71. The molecule has 0 aromatic carbocycles. The molecule has 0 spiro atoms. The topological polar surface area (TPSA) is 42.9 Å². The minimum Gasteiger partial charge on any atom is -0.260 e. The maximum Gasteiger partial charge on any atom is 0.418 e. The molecule has 0 atom stereocenters. The van der Waals surface area contributed by atoms with Crippen molar-refractivity contribution in [1.29, 1.82) is 0 Å². The molecule has 68 valence electrons. The first-order chi connectivity index (χ1) is 6.88. The highest BCUT2D eigenvalue weighted by molar-refractivity contribution is 7.61. The zero-order valence-electron chi connectivity index (χ0n) is 7.37. The highest BCUT2D eigenvalue weighted by Crippen LogP contribution is 2.17. The lowest BCUT2D eigenvalue weighted by molar-refractivity contribution is 0.598. The van der Waals surface area contributed by atoms with Crippen LogP contribution in [-0.4, -0.2) is 9.97 Å². The Labute approximate surface area is 82.6 Å². The average molecular weight is 203 g/mol. The van der Waals surface area contributed by atoms with Crippen molar-refractivity contribution >= 4 is 18.4 Å². The molecule has 2 heterocycles. The Morgan fingerprint density at radius 1 is 0.929 bits per heavy atom. The Balaban J connectivity index is 2.35. The smallest absolute Gasteiger partial charge is 0.260 e. The SMILES string of the molecule is O=[P+](c1cccnc1)c1cccnc1. The number of hydrogen-bond acceptors (Lipinski definition) is 3. The van der Waals surface area contributed by atoms with Crippen LogP contribution in [0.5, 0.6) is 0 Å². The molecule has 0 aliphatic heterocycles. The van der Waals surface area contributed by atoms with Crippen LogP contribution in [-0.2, 0) is 4.57 Å². The summed E-state index contributed by atoms with van der Waals surface area (Å²) < 4.78 is 11.9. The first-order valence-electron chi connectivity index (χ1n) is 4.15. The summed E-state index contributed by atoms with van der Waals surface area (Å²) in [4.78, 5) is 7.85. The van der Waals surface area contributed by atoms with Crippen LogP contribution in [0, 0.1) is 0 Å². The lowest BCUT2D eigenvalue weighted by atomic mass is 10.5. The monoisotopic (exact) mass is 203 g/mol. The zero-order chi connectivity index (χ0) is 9.80. The van der Waals surface area contributed by atoms with Gasteiger partial charge in [0.2, 0.25) is 10.6 Å². The molecule has 0 fully saturated rings. The van der Waals surface area contributed by atoms with Crippen molar-refractivity contribution in [3.05, 3.63) is 49.1 Å². The number of rotatable bonds is 2. The fraction of sp³-hybridized carbons (Fsp3) is 0. The number of hydrogen-bond donors (Lipinski definition) is 0. The van der Waals surface area contributed by atoms with Crippen LogP contribution in [0.2, 0.25) is 0 Å². The predicted octanol–water partition coefficient (Wildman–Crippen LogP) is 1.25. The molecular formula is C10H8N2OP+. The summed E-state index contributed by atoms with van der Waals surface area (Å²) >= 11 is 0. The molecule has 0 aliphatic carbocycles. The van der Waals surface area contributed by atoms with Gasteiger partial charge in [-0.3, -0.25) is 9.97 Å². The van der Waals surface area contributed by atoms with Crippen molar-refractivity contribution in [2.45, 2.75) is 0 Å². The van der Waals surface area contributed by atoms with E-state index in [2.05, 4.69) is 9.97 Å². The van der Waals surface area contributed by atoms with Gasteiger partial charge in [0.25, 0.3) is 0 Å². The quantitative estimate of drug-likeness (QED) is 0.690. The predicted molar refractivity (Wildman–Crippen MR) is 55.3 cm³/mol. The van der Waals surface area contributed by atoms with Crippen molar-refractivity contribution in [3.8, 4) is 0 Å². The van der Waals surface area contributed by atoms with Gasteiger partial charge >= 0.3 is 7.80 Å². The van der Waals surface area contributed by atoms with Crippen molar-refractivity contribution in [3.63, 3.8) is 0 Å². The van der Waals surface area contributed by atoms with Gasteiger partial charge in [-0.25, -0.2) is 0 Å². The summed E-state index contributed by atoms with van der Waals surface area (Å²) in [5.74, 6) is 0. The minimum absolute atomic E-state index is 0.732. The summed E-state index contributed by atoms with van der Waals surface area (Å²) in [7, 11) is -1.55. The number of aromatic nitrogens is 2. The van der Waals surface area contributed by atoms with E-state index in [4.69, 9.17) is 0 Å². The van der Waals surface area contributed by atoms with E-state index in [9.17, 15) is 4.57 Å². The Hall–Kier alpha value is -1.60. The fourth-order valence-corrected chi connectivity index (χ4v) is 2.18. The first-order valence-corrected chi connectivity index (χ1v) is 5.41. The largest absolute Gasteiger partial charge is 0.418 e. The molecule has 2 aromatic rings. The van der Waals surface area contributed by atoms with E-state index in [1.54, 1.807) is 49.1 Å². The van der Waals surface area contributed by atoms with E-state index in [-0.39, 0.29) is 0 Å². The van der Waals surface area contributed by atoms with Crippen molar-refractivity contribution < 1.29 is 4.57 Å². The highest BCUT2D eigenvalue weighted by atomic mass is 31.1. The van der Waals surface area contributed by atoms with Gasteiger partial charge < -0.3 is 0 Å². The molecule has 0 N–H and O–H groups in total. The van der Waals surface area contributed by atoms with Gasteiger partial charge in [0.15, 0.2) is 0 Å². The molecule has 0 unspecified atom stereocenters. The second kappa shape index (κ2) is 4.07. The molecule has 14 heavy (non-hydrogen) atoms. The van der Waals surface area contributed by atoms with Crippen molar-refractivity contribution in [1.82, 2.24) is 9.97 Å². The van der Waals surface area contributed by atoms with E-state index in [0.29, 0.717) is 0 Å². The zero-order valence-corrected chi connectivity index (χ0v) is 8.26. The first kappa shape index (κ1) is 8.97. The molecule has 4 heteroatoms. The van der Waals surface area contributed by atoms with Crippen LogP contribution in [0.3, 0.4) is 0 Å². The number of nitrogens with zero attached hydrogens (tertiary/aromatic N) is 2. The maximum absolute atomic E-state index is 11.9. The van der Waals surface area contributed by atoms with E-state index in [1.165, 1.54) is 0 Å². The van der Waals surface area contributed by atoms with Crippen LogP contribution in [0.15, 0.2) is 49.1 Å². The van der Waals surface area contributed by atoms with Crippen molar-refractivity contribution in [2.24, 2.45) is 0 Å². The third-order valence-electron chi connectivity index (χ3n) is 1.76. The lowest BCUT2D eigenvalue weighted by Gasteiger charge is -1.86. The van der Waals surface area contributed by atoms with Gasteiger partial charge in [-0.15, -0.1) is 0 Å². The average Bonchev–Trinajstić information content (AvgIpc) is 2.30. The number of pyridine rings is 2. The van der Waals surface area contributed by atoms with Crippen LogP contribution < -0.4 is 10.6 Å². The molecule has 0 amide bonds. The highest BCUT2D eigenvalue weighted by Gasteiger charge is 2.22. The Morgan fingerprint density at radius 3 is 1.79 bits per heavy atom. The van der Waals surface area contributed by atoms with E-state index >= 15 is 0 Å². The summed E-state index contributed by atoms with van der Waals surface area (Å²) in [6.45, 7) is 0. The second-order valence-corrected chi connectivity index (χ2v) is 4.34. The summed E-state index contributed by atoms with van der Waals surface area (Å²) in [5, 5.41) is 1.46. The van der Waals surface area contributed by atoms with E-state index in [1.807, 2.05) is 0 Å².